The van der Waals surface area contributed by atoms with Gasteiger partial charge in [-0.3, -0.25) is 0 Å². The van der Waals surface area contributed by atoms with Crippen molar-refractivity contribution in [1.29, 1.82) is 0 Å². The lowest BCUT2D eigenvalue weighted by Crippen LogP contribution is -2.08. The second-order valence-electron chi connectivity index (χ2n) is 3.40. The van der Waals surface area contributed by atoms with E-state index in [1.165, 1.54) is 0 Å². The number of alkyl halides is 3. The van der Waals surface area contributed by atoms with Crippen LogP contribution in [0, 0.1) is 5.82 Å². The number of nitrogens with two attached hydrogens (primary N) is 1. The highest BCUT2D eigenvalue weighted by Crippen LogP contribution is 2.37. The molecule has 1 aromatic carbocycles. The molecule has 8 heteroatoms. The molecule has 3 nitrogen and oxygen atoms in total. The molecule has 0 fully saturated rings. The van der Waals surface area contributed by atoms with Crippen molar-refractivity contribution < 1.29 is 22.1 Å². The number of benzene rings is 1. The van der Waals surface area contributed by atoms with E-state index in [1.807, 2.05) is 0 Å². The zero-order valence-corrected chi connectivity index (χ0v) is 10.1. The van der Waals surface area contributed by atoms with E-state index in [4.69, 9.17) is 10.3 Å². The smallest absolute Gasteiger partial charge is 0.380 e. The normalized spacial score (nSPS) is 11.8. The van der Waals surface area contributed by atoms with Crippen molar-refractivity contribution in [2.45, 2.75) is 6.18 Å². The van der Waals surface area contributed by atoms with Gasteiger partial charge in [0.1, 0.15) is 10.3 Å². The molecule has 0 aliphatic heterocycles. The predicted molar refractivity (Wildman–Crippen MR) is 59.0 cm³/mol. The fraction of sp³-hybridized carbons (Fsp3) is 0.100. The number of nitrogen functional groups attached to an aromatic ring is 1. The van der Waals surface area contributed by atoms with E-state index in [9.17, 15) is 17.6 Å². The molecule has 0 radical (unpaired) electrons. The van der Waals surface area contributed by atoms with Crippen LogP contribution in [-0.2, 0) is 6.18 Å². The third kappa shape index (κ3) is 2.20. The van der Waals surface area contributed by atoms with Gasteiger partial charge in [-0.15, -0.1) is 0 Å². The molecule has 0 saturated carbocycles. The van der Waals surface area contributed by atoms with Crippen molar-refractivity contribution >= 4 is 21.7 Å². The maximum absolute atomic E-state index is 13.1. The summed E-state index contributed by atoms with van der Waals surface area (Å²) in [5.74, 6) is -1.34. The van der Waals surface area contributed by atoms with E-state index in [0.717, 1.165) is 6.07 Å². The maximum atomic E-state index is 13.1. The van der Waals surface area contributed by atoms with Crippen molar-refractivity contribution in [2.75, 3.05) is 5.73 Å². The van der Waals surface area contributed by atoms with Crippen LogP contribution in [0.3, 0.4) is 0 Å². The number of nitrogens with zero attached hydrogens (tertiary/aromatic N) is 1. The van der Waals surface area contributed by atoms with Gasteiger partial charge in [-0.1, -0.05) is 5.16 Å². The number of halogens is 5. The fourth-order valence-corrected chi connectivity index (χ4v) is 1.73. The molecule has 18 heavy (non-hydrogen) atoms. The van der Waals surface area contributed by atoms with E-state index >= 15 is 0 Å². The zero-order valence-electron chi connectivity index (χ0n) is 8.55. The van der Waals surface area contributed by atoms with E-state index in [-0.39, 0.29) is 21.6 Å². The number of hydrogen-bond donors (Lipinski definition) is 1. The quantitative estimate of drug-likeness (QED) is 0.811. The first-order valence-electron chi connectivity index (χ1n) is 4.58. The Morgan fingerprint density at radius 2 is 1.94 bits per heavy atom. The van der Waals surface area contributed by atoms with Crippen LogP contribution in [0.15, 0.2) is 27.2 Å². The first-order chi connectivity index (χ1) is 8.30. The minimum atomic E-state index is -4.78. The van der Waals surface area contributed by atoms with Gasteiger partial charge in [-0.25, -0.2) is 4.39 Å². The molecule has 0 saturated heterocycles. The molecule has 0 aliphatic carbocycles. The van der Waals surface area contributed by atoms with Crippen LogP contribution in [-0.4, -0.2) is 5.16 Å². The average Bonchev–Trinajstić information content (AvgIpc) is 2.59. The van der Waals surface area contributed by atoms with Gasteiger partial charge in [0.05, 0.1) is 5.56 Å². The summed E-state index contributed by atoms with van der Waals surface area (Å²) in [6.45, 7) is 0. The summed E-state index contributed by atoms with van der Waals surface area (Å²) in [4.78, 5) is 0. The number of aromatic nitrogens is 1. The Morgan fingerprint density at radius 1 is 1.28 bits per heavy atom. The van der Waals surface area contributed by atoms with Crippen molar-refractivity contribution in [3.63, 3.8) is 0 Å². The van der Waals surface area contributed by atoms with Crippen molar-refractivity contribution in [2.24, 2.45) is 0 Å². The van der Waals surface area contributed by atoms with Gasteiger partial charge in [0.15, 0.2) is 11.6 Å². The molecule has 2 rings (SSSR count). The Kier molecular flexibility index (Phi) is 3.05. The summed E-state index contributed by atoms with van der Waals surface area (Å²) < 4.78 is 55.7. The van der Waals surface area contributed by atoms with Crippen LogP contribution in [0.2, 0.25) is 0 Å². The van der Waals surface area contributed by atoms with Crippen LogP contribution in [0.25, 0.3) is 11.3 Å². The van der Waals surface area contributed by atoms with Crippen molar-refractivity contribution in [3.8, 4) is 11.3 Å². The van der Waals surface area contributed by atoms with Crippen LogP contribution < -0.4 is 5.73 Å². The predicted octanol–water partition coefficient (Wildman–Crippen LogP) is 3.84. The van der Waals surface area contributed by atoms with Gasteiger partial charge in [0.25, 0.3) is 0 Å². The van der Waals surface area contributed by atoms with Crippen LogP contribution >= 0.6 is 15.9 Å². The molecule has 1 aromatic heterocycles. The van der Waals surface area contributed by atoms with E-state index < -0.39 is 17.6 Å². The van der Waals surface area contributed by atoms with Gasteiger partial charge in [-0.2, -0.15) is 13.2 Å². The van der Waals surface area contributed by atoms with Crippen LogP contribution in [0.4, 0.5) is 23.4 Å². The first kappa shape index (κ1) is 12.9. The molecule has 0 atom stereocenters. The van der Waals surface area contributed by atoms with Crippen LogP contribution in [0.1, 0.15) is 5.56 Å². The average molecular weight is 325 g/mol. The number of rotatable bonds is 1. The number of anilines is 1. The van der Waals surface area contributed by atoms with Gasteiger partial charge < -0.3 is 10.3 Å². The first-order valence-corrected chi connectivity index (χ1v) is 5.37. The van der Waals surface area contributed by atoms with Gasteiger partial charge in [0, 0.05) is 5.56 Å². The molecule has 96 valence electrons. The fourth-order valence-electron chi connectivity index (χ4n) is 1.35. The molecule has 0 spiro atoms. The lowest BCUT2D eigenvalue weighted by molar-refractivity contribution is -0.139. The second kappa shape index (κ2) is 4.27. The minimum Gasteiger partial charge on any atom is -0.380 e. The second-order valence-corrected chi connectivity index (χ2v) is 4.20. The Hall–Kier alpha value is -1.57. The SMILES string of the molecule is Nc1noc(-c2ccc(F)c(C(F)(F)F)c2)c1Br. The Morgan fingerprint density at radius 3 is 2.44 bits per heavy atom. The molecule has 2 aromatic rings. The van der Waals surface area contributed by atoms with Gasteiger partial charge in [0.2, 0.25) is 0 Å². The lowest BCUT2D eigenvalue weighted by atomic mass is 10.1. The third-order valence-electron chi connectivity index (χ3n) is 2.19. The summed E-state index contributed by atoms with van der Waals surface area (Å²) in [6, 6.07) is 2.50. The molecular weight excluding hydrogens is 320 g/mol. The standard InChI is InChI=1S/C10H5BrF4N2O/c11-7-8(18-17-9(7)16)4-1-2-6(12)5(3-4)10(13,14)15/h1-3H,(H2,16,17). The Labute approximate surface area is 107 Å². The molecule has 0 aliphatic rings. The largest absolute Gasteiger partial charge is 0.419 e. The molecule has 0 bridgehead atoms. The molecule has 0 unspecified atom stereocenters. The molecule has 1 heterocycles. The highest BCUT2D eigenvalue weighted by atomic mass is 79.9. The summed E-state index contributed by atoms with van der Waals surface area (Å²) in [5.41, 5.74) is 4.04. The molecule has 0 amide bonds. The monoisotopic (exact) mass is 324 g/mol. The summed E-state index contributed by atoms with van der Waals surface area (Å²) in [6.07, 6.45) is -4.78. The maximum Gasteiger partial charge on any atom is 0.419 e. The van der Waals surface area contributed by atoms with E-state index in [2.05, 4.69) is 21.1 Å². The molecular formula is C10H5BrF4N2O. The number of hydrogen-bond acceptors (Lipinski definition) is 3. The third-order valence-corrected chi connectivity index (χ3v) is 2.96. The van der Waals surface area contributed by atoms with Crippen molar-refractivity contribution in [3.05, 3.63) is 34.1 Å². The summed E-state index contributed by atoms with van der Waals surface area (Å²) in [7, 11) is 0. The van der Waals surface area contributed by atoms with E-state index in [0.29, 0.717) is 12.1 Å². The zero-order chi connectivity index (χ0) is 13.5. The highest BCUT2D eigenvalue weighted by molar-refractivity contribution is 9.10. The topological polar surface area (TPSA) is 52.0 Å². The summed E-state index contributed by atoms with van der Waals surface area (Å²) in [5, 5.41) is 3.39. The van der Waals surface area contributed by atoms with Gasteiger partial charge >= 0.3 is 6.18 Å². The summed E-state index contributed by atoms with van der Waals surface area (Å²) >= 11 is 3.02. The van der Waals surface area contributed by atoms with Crippen LogP contribution in [0.5, 0.6) is 0 Å². The lowest BCUT2D eigenvalue weighted by Gasteiger charge is -2.08. The molecule has 2 N–H and O–H groups in total. The Balaban J connectivity index is 2.58. The Bertz CT molecular complexity index is 594. The van der Waals surface area contributed by atoms with Gasteiger partial charge in [-0.05, 0) is 34.1 Å². The minimum absolute atomic E-state index is 0.00267. The van der Waals surface area contributed by atoms with Crippen molar-refractivity contribution in [1.82, 2.24) is 5.16 Å². The highest BCUT2D eigenvalue weighted by Gasteiger charge is 2.34. The van der Waals surface area contributed by atoms with E-state index in [1.54, 1.807) is 0 Å².